The predicted molar refractivity (Wildman–Crippen MR) is 92.5 cm³/mol. The molecule has 0 bridgehead atoms. The number of hydrogen-bond donors (Lipinski definition) is 1. The van der Waals surface area contributed by atoms with E-state index in [9.17, 15) is 18.0 Å². The molecule has 0 spiro atoms. The van der Waals surface area contributed by atoms with Crippen molar-refractivity contribution in [2.24, 2.45) is 0 Å². The first-order valence-corrected chi connectivity index (χ1v) is 9.30. The SMILES string of the molecule is CS(=O)(=O)n1c(=O)n(CC(=O)NCc2ccccn2)c2ccccc21. The molecule has 0 radical (unpaired) electrons. The van der Waals surface area contributed by atoms with Crippen molar-refractivity contribution >= 4 is 27.0 Å². The Morgan fingerprint density at radius 2 is 1.80 bits per heavy atom. The molecule has 0 aliphatic heterocycles. The Morgan fingerprint density at radius 1 is 1.12 bits per heavy atom. The van der Waals surface area contributed by atoms with Gasteiger partial charge in [0.05, 0.1) is 29.5 Å². The monoisotopic (exact) mass is 360 g/mol. The van der Waals surface area contributed by atoms with Gasteiger partial charge in [0.2, 0.25) is 15.9 Å². The standard InChI is InChI=1S/C16H16N4O4S/c1-25(23,24)20-14-8-3-2-7-13(14)19(16(20)22)11-15(21)18-10-12-6-4-5-9-17-12/h2-9H,10-11H2,1H3,(H,18,21). The third-order valence-electron chi connectivity index (χ3n) is 3.62. The smallest absolute Gasteiger partial charge is 0.343 e. The van der Waals surface area contributed by atoms with Gasteiger partial charge in [0.15, 0.2) is 0 Å². The molecule has 8 nitrogen and oxygen atoms in total. The third kappa shape index (κ3) is 3.45. The van der Waals surface area contributed by atoms with Crippen molar-refractivity contribution in [3.63, 3.8) is 0 Å². The quantitative estimate of drug-likeness (QED) is 0.706. The molecule has 3 rings (SSSR count). The Morgan fingerprint density at radius 3 is 2.44 bits per heavy atom. The number of benzene rings is 1. The van der Waals surface area contributed by atoms with E-state index >= 15 is 0 Å². The highest BCUT2D eigenvalue weighted by atomic mass is 32.2. The van der Waals surface area contributed by atoms with Crippen molar-refractivity contribution in [2.75, 3.05) is 6.26 Å². The Labute approximate surface area is 143 Å². The summed E-state index contributed by atoms with van der Waals surface area (Å²) < 4.78 is 25.7. The Kier molecular flexibility index (Phi) is 4.41. The summed E-state index contributed by atoms with van der Waals surface area (Å²) >= 11 is 0. The zero-order valence-electron chi connectivity index (χ0n) is 13.4. The van der Waals surface area contributed by atoms with Gasteiger partial charge in [0, 0.05) is 6.20 Å². The molecule has 1 aromatic carbocycles. The Bertz CT molecular complexity index is 1080. The Hall–Kier alpha value is -2.94. The van der Waals surface area contributed by atoms with Gasteiger partial charge in [0.1, 0.15) is 6.54 Å². The van der Waals surface area contributed by atoms with Crippen LogP contribution < -0.4 is 11.0 Å². The van der Waals surface area contributed by atoms with E-state index in [1.807, 2.05) is 0 Å². The Balaban J connectivity index is 1.90. The van der Waals surface area contributed by atoms with E-state index < -0.39 is 21.6 Å². The molecule has 0 fully saturated rings. The van der Waals surface area contributed by atoms with Gasteiger partial charge in [-0.05, 0) is 24.3 Å². The first-order valence-electron chi connectivity index (χ1n) is 7.45. The van der Waals surface area contributed by atoms with Crippen LogP contribution in [-0.4, -0.2) is 34.1 Å². The maximum absolute atomic E-state index is 12.5. The van der Waals surface area contributed by atoms with E-state index in [0.29, 0.717) is 15.2 Å². The van der Waals surface area contributed by atoms with Gasteiger partial charge in [-0.2, -0.15) is 3.97 Å². The number of imidazole rings is 1. The van der Waals surface area contributed by atoms with Crippen LogP contribution in [0.5, 0.6) is 0 Å². The van der Waals surface area contributed by atoms with Crippen LogP contribution in [0.1, 0.15) is 5.69 Å². The fraction of sp³-hybridized carbons (Fsp3) is 0.188. The van der Waals surface area contributed by atoms with Crippen LogP contribution in [0, 0.1) is 0 Å². The minimum atomic E-state index is -3.79. The second-order valence-electron chi connectivity index (χ2n) is 5.48. The highest BCUT2D eigenvalue weighted by molar-refractivity contribution is 7.89. The lowest BCUT2D eigenvalue weighted by molar-refractivity contribution is -0.121. The average Bonchev–Trinajstić information content (AvgIpc) is 2.86. The molecule has 3 aromatic rings. The van der Waals surface area contributed by atoms with Crippen LogP contribution in [-0.2, 0) is 27.9 Å². The summed E-state index contributed by atoms with van der Waals surface area (Å²) in [5.41, 5.74) is 0.539. The van der Waals surface area contributed by atoms with Gasteiger partial charge in [-0.1, -0.05) is 18.2 Å². The molecule has 0 aliphatic rings. The number of hydrogen-bond acceptors (Lipinski definition) is 5. The van der Waals surface area contributed by atoms with Gasteiger partial charge in [-0.25, -0.2) is 13.2 Å². The van der Waals surface area contributed by atoms with Crippen molar-refractivity contribution in [3.8, 4) is 0 Å². The van der Waals surface area contributed by atoms with Gasteiger partial charge >= 0.3 is 5.69 Å². The molecule has 9 heteroatoms. The third-order valence-corrected chi connectivity index (χ3v) is 4.64. The number of nitrogens with one attached hydrogen (secondary N) is 1. The number of carbonyl (C=O) groups is 1. The van der Waals surface area contributed by atoms with Crippen molar-refractivity contribution in [3.05, 3.63) is 64.8 Å². The maximum atomic E-state index is 12.5. The molecule has 0 saturated carbocycles. The van der Waals surface area contributed by atoms with Crippen LogP contribution >= 0.6 is 0 Å². The van der Waals surface area contributed by atoms with Gasteiger partial charge < -0.3 is 5.32 Å². The molecule has 2 aromatic heterocycles. The minimum Gasteiger partial charge on any atom is -0.349 e. The summed E-state index contributed by atoms with van der Waals surface area (Å²) in [5.74, 6) is -0.413. The maximum Gasteiger partial charge on any atom is 0.343 e. The number of pyridine rings is 1. The van der Waals surface area contributed by atoms with Gasteiger partial charge in [-0.3, -0.25) is 14.3 Å². The molecule has 2 heterocycles. The number of fused-ring (bicyclic) bond motifs is 1. The van der Waals surface area contributed by atoms with E-state index in [0.717, 1.165) is 10.8 Å². The molecule has 1 amide bonds. The van der Waals surface area contributed by atoms with Crippen LogP contribution in [0.15, 0.2) is 53.5 Å². The molecule has 25 heavy (non-hydrogen) atoms. The number of rotatable bonds is 5. The average molecular weight is 360 g/mol. The molecular formula is C16H16N4O4S. The van der Waals surface area contributed by atoms with E-state index in [-0.39, 0.29) is 18.6 Å². The van der Waals surface area contributed by atoms with E-state index in [4.69, 9.17) is 0 Å². The molecule has 0 aliphatic carbocycles. The van der Waals surface area contributed by atoms with Crippen molar-refractivity contribution in [1.29, 1.82) is 0 Å². The van der Waals surface area contributed by atoms with Crippen LogP contribution in [0.3, 0.4) is 0 Å². The molecule has 0 saturated heterocycles. The van der Waals surface area contributed by atoms with Gasteiger partial charge in [0.25, 0.3) is 0 Å². The lowest BCUT2D eigenvalue weighted by atomic mass is 10.3. The number of carbonyl (C=O) groups excluding carboxylic acids is 1. The summed E-state index contributed by atoms with van der Waals surface area (Å²) in [5, 5.41) is 2.67. The van der Waals surface area contributed by atoms with Crippen molar-refractivity contribution in [2.45, 2.75) is 13.1 Å². The number of para-hydroxylation sites is 2. The minimum absolute atomic E-state index is 0.221. The number of amides is 1. The summed E-state index contributed by atoms with van der Waals surface area (Å²) in [7, 11) is -3.79. The fourth-order valence-corrected chi connectivity index (χ4v) is 3.44. The number of nitrogens with zero attached hydrogens (tertiary/aromatic N) is 3. The van der Waals surface area contributed by atoms with Gasteiger partial charge in [-0.15, -0.1) is 0 Å². The largest absolute Gasteiger partial charge is 0.349 e. The zero-order valence-corrected chi connectivity index (χ0v) is 14.2. The lowest BCUT2D eigenvalue weighted by Crippen LogP contribution is -2.34. The van der Waals surface area contributed by atoms with E-state index in [1.165, 1.54) is 6.07 Å². The molecular weight excluding hydrogens is 344 g/mol. The number of aromatic nitrogens is 3. The van der Waals surface area contributed by atoms with Crippen LogP contribution in [0.4, 0.5) is 0 Å². The first-order chi connectivity index (χ1) is 11.9. The topological polar surface area (TPSA) is 103 Å². The summed E-state index contributed by atoms with van der Waals surface area (Å²) in [6.07, 6.45) is 2.57. The highest BCUT2D eigenvalue weighted by Crippen LogP contribution is 2.14. The first kappa shape index (κ1) is 16.9. The highest BCUT2D eigenvalue weighted by Gasteiger charge is 2.20. The van der Waals surface area contributed by atoms with E-state index in [1.54, 1.807) is 42.6 Å². The van der Waals surface area contributed by atoms with Crippen LogP contribution in [0.2, 0.25) is 0 Å². The summed E-state index contributed by atoms with van der Waals surface area (Å²) in [4.78, 5) is 28.8. The molecule has 130 valence electrons. The zero-order chi connectivity index (χ0) is 18.0. The fourth-order valence-electron chi connectivity index (χ4n) is 2.54. The molecule has 1 N–H and O–H groups in total. The second-order valence-corrected chi connectivity index (χ2v) is 7.31. The second kappa shape index (κ2) is 6.52. The van der Waals surface area contributed by atoms with E-state index in [2.05, 4.69) is 10.3 Å². The molecule has 0 atom stereocenters. The van der Waals surface area contributed by atoms with Crippen LogP contribution in [0.25, 0.3) is 11.0 Å². The molecule has 0 unspecified atom stereocenters. The summed E-state index contributed by atoms with van der Waals surface area (Å²) in [6.45, 7) is -0.0617. The normalized spacial score (nSPS) is 11.6. The predicted octanol–water partition coefficient (Wildman–Crippen LogP) is 0.322. The summed E-state index contributed by atoms with van der Waals surface area (Å²) in [6, 6.07) is 11.8. The van der Waals surface area contributed by atoms with Crippen molar-refractivity contribution < 1.29 is 13.2 Å². The van der Waals surface area contributed by atoms with Crippen molar-refractivity contribution in [1.82, 2.24) is 18.8 Å². The lowest BCUT2D eigenvalue weighted by Gasteiger charge is -2.05.